The molecule has 0 spiro atoms. The van der Waals surface area contributed by atoms with Crippen LogP contribution in [0.2, 0.25) is 5.02 Å². The lowest BCUT2D eigenvalue weighted by Crippen LogP contribution is -2.73. The Bertz CT molecular complexity index is 641. The molecule has 1 heterocycles. The summed E-state index contributed by atoms with van der Waals surface area (Å²) in [5.74, 6) is -3.22. The van der Waals surface area contributed by atoms with Gasteiger partial charge in [0.1, 0.15) is 5.92 Å². The number of halogens is 4. The summed E-state index contributed by atoms with van der Waals surface area (Å²) in [7, 11) is 0. The molecule has 3 atom stereocenters. The molecule has 1 aromatic rings. The second-order valence-electron chi connectivity index (χ2n) is 5.12. The topological polar surface area (TPSA) is 70.6 Å². The van der Waals surface area contributed by atoms with Gasteiger partial charge in [-0.05, 0) is 36.8 Å². The van der Waals surface area contributed by atoms with E-state index in [9.17, 15) is 23.1 Å². The highest BCUT2D eigenvalue weighted by atomic mass is 35.5. The van der Waals surface area contributed by atoms with Crippen molar-refractivity contribution in [3.63, 3.8) is 0 Å². The lowest BCUT2D eigenvalue weighted by atomic mass is 9.82. The van der Waals surface area contributed by atoms with Gasteiger partial charge in [-0.3, -0.25) is 4.79 Å². The molecule has 1 aliphatic rings. The molecule has 1 aliphatic heterocycles. The molecular formula is C14H14ClF3N2O3S. The normalized spacial score (nSPS) is 27.2. The summed E-state index contributed by atoms with van der Waals surface area (Å²) in [5.41, 5.74) is -3.27. The predicted octanol–water partition coefficient (Wildman–Crippen LogP) is 2.29. The van der Waals surface area contributed by atoms with Crippen LogP contribution in [0.3, 0.4) is 0 Å². The minimum absolute atomic E-state index is 0.138. The van der Waals surface area contributed by atoms with Gasteiger partial charge in [0.25, 0.3) is 5.72 Å². The molecule has 1 fully saturated rings. The highest BCUT2D eigenvalue weighted by molar-refractivity contribution is 7.80. The minimum Gasteiger partial charge on any atom is -0.466 e. The fourth-order valence-electron chi connectivity index (χ4n) is 2.48. The van der Waals surface area contributed by atoms with Crippen molar-refractivity contribution in [2.45, 2.75) is 24.9 Å². The average molecular weight is 383 g/mol. The van der Waals surface area contributed by atoms with Crippen LogP contribution in [0.1, 0.15) is 18.5 Å². The van der Waals surface area contributed by atoms with Crippen molar-refractivity contribution in [1.82, 2.24) is 10.6 Å². The Kier molecular flexibility index (Phi) is 5.26. The maximum absolute atomic E-state index is 13.5. The van der Waals surface area contributed by atoms with E-state index in [-0.39, 0.29) is 6.61 Å². The monoisotopic (exact) mass is 382 g/mol. The molecule has 5 nitrogen and oxygen atoms in total. The van der Waals surface area contributed by atoms with Crippen molar-refractivity contribution in [2.24, 2.45) is 5.92 Å². The van der Waals surface area contributed by atoms with Gasteiger partial charge in [-0.2, -0.15) is 13.2 Å². The Hall–Kier alpha value is -1.58. The predicted molar refractivity (Wildman–Crippen MR) is 84.2 cm³/mol. The quantitative estimate of drug-likeness (QED) is 0.550. The number of hydrogen-bond donors (Lipinski definition) is 3. The molecule has 0 saturated carbocycles. The van der Waals surface area contributed by atoms with Crippen LogP contribution in [0.25, 0.3) is 0 Å². The van der Waals surface area contributed by atoms with Crippen LogP contribution in [0.4, 0.5) is 13.2 Å². The number of hydrogen-bond acceptors (Lipinski definition) is 4. The summed E-state index contributed by atoms with van der Waals surface area (Å²) in [6.45, 7) is 1.32. The second kappa shape index (κ2) is 6.73. The van der Waals surface area contributed by atoms with E-state index in [1.807, 2.05) is 0 Å². The Labute approximate surface area is 146 Å². The van der Waals surface area contributed by atoms with Gasteiger partial charge in [0.15, 0.2) is 5.11 Å². The van der Waals surface area contributed by atoms with Crippen molar-refractivity contribution >= 4 is 34.9 Å². The van der Waals surface area contributed by atoms with E-state index in [0.29, 0.717) is 10.6 Å². The van der Waals surface area contributed by atoms with Gasteiger partial charge in [-0.25, -0.2) is 0 Å². The molecule has 0 radical (unpaired) electrons. The van der Waals surface area contributed by atoms with E-state index >= 15 is 0 Å². The number of esters is 1. The lowest BCUT2D eigenvalue weighted by Gasteiger charge is -2.45. The zero-order chi connectivity index (χ0) is 18.1. The van der Waals surface area contributed by atoms with Crippen LogP contribution in [0.15, 0.2) is 24.3 Å². The summed E-state index contributed by atoms with van der Waals surface area (Å²) in [6, 6.07) is 4.55. The fourth-order valence-corrected chi connectivity index (χ4v) is 2.89. The van der Waals surface area contributed by atoms with Crippen molar-refractivity contribution in [3.05, 3.63) is 34.9 Å². The first-order valence-electron chi connectivity index (χ1n) is 6.90. The number of nitrogens with one attached hydrogen (secondary N) is 2. The summed E-state index contributed by atoms with van der Waals surface area (Å²) in [5, 5.41) is 14.5. The lowest BCUT2D eigenvalue weighted by molar-refractivity contribution is -0.292. The minimum atomic E-state index is -5.17. The van der Waals surface area contributed by atoms with Crippen LogP contribution in [-0.4, -0.2) is 34.7 Å². The summed E-state index contributed by atoms with van der Waals surface area (Å²) >= 11 is 10.5. The van der Waals surface area contributed by atoms with Gasteiger partial charge < -0.3 is 20.5 Å². The first-order chi connectivity index (χ1) is 11.1. The molecule has 3 N–H and O–H groups in total. The average Bonchev–Trinajstić information content (AvgIpc) is 2.46. The molecule has 132 valence electrons. The number of benzene rings is 1. The van der Waals surface area contributed by atoms with E-state index in [2.05, 4.69) is 5.32 Å². The SMILES string of the molecule is CCOC(=O)[C@@H]1[C@@H](c2ccc(Cl)cc2)NC(=S)N[C@@]1(O)C(F)(F)F. The Balaban J connectivity index is 2.55. The van der Waals surface area contributed by atoms with Gasteiger partial charge in [-0.1, -0.05) is 23.7 Å². The zero-order valence-electron chi connectivity index (χ0n) is 12.4. The van der Waals surface area contributed by atoms with Crippen molar-refractivity contribution in [3.8, 4) is 0 Å². The Morgan fingerprint density at radius 1 is 1.42 bits per heavy atom. The highest BCUT2D eigenvalue weighted by Crippen LogP contribution is 2.43. The zero-order valence-corrected chi connectivity index (χ0v) is 13.9. The molecule has 0 bridgehead atoms. The van der Waals surface area contributed by atoms with Crippen molar-refractivity contribution < 1.29 is 27.8 Å². The molecule has 24 heavy (non-hydrogen) atoms. The fraction of sp³-hybridized carbons (Fsp3) is 0.429. The van der Waals surface area contributed by atoms with Crippen LogP contribution in [-0.2, 0) is 9.53 Å². The Morgan fingerprint density at radius 2 is 2.00 bits per heavy atom. The van der Waals surface area contributed by atoms with Crippen molar-refractivity contribution in [2.75, 3.05) is 6.61 Å². The molecule has 0 aliphatic carbocycles. The number of rotatable bonds is 3. The van der Waals surface area contributed by atoms with Gasteiger partial charge in [0.2, 0.25) is 0 Å². The van der Waals surface area contributed by atoms with Gasteiger partial charge in [-0.15, -0.1) is 0 Å². The van der Waals surface area contributed by atoms with E-state index < -0.39 is 34.9 Å². The second-order valence-corrected chi connectivity index (χ2v) is 5.97. The largest absolute Gasteiger partial charge is 0.466 e. The van der Waals surface area contributed by atoms with E-state index in [1.165, 1.54) is 31.2 Å². The molecule has 10 heteroatoms. The van der Waals surface area contributed by atoms with E-state index in [0.717, 1.165) is 0 Å². The number of ether oxygens (including phenoxy) is 1. The van der Waals surface area contributed by atoms with Gasteiger partial charge in [0, 0.05) is 5.02 Å². The van der Waals surface area contributed by atoms with Crippen LogP contribution in [0.5, 0.6) is 0 Å². The number of thiocarbonyl (C=S) groups is 1. The summed E-state index contributed by atoms with van der Waals surface area (Å²) < 4.78 is 45.2. The van der Waals surface area contributed by atoms with Gasteiger partial charge in [0.05, 0.1) is 12.6 Å². The number of carbonyl (C=O) groups excluding carboxylic acids is 1. The van der Waals surface area contributed by atoms with Crippen LogP contribution < -0.4 is 10.6 Å². The first-order valence-corrected chi connectivity index (χ1v) is 7.68. The van der Waals surface area contributed by atoms with E-state index in [1.54, 1.807) is 5.32 Å². The molecule has 2 rings (SSSR count). The summed E-state index contributed by atoms with van der Waals surface area (Å²) in [6.07, 6.45) is -5.17. The molecule has 1 saturated heterocycles. The maximum Gasteiger partial charge on any atom is 0.437 e. The van der Waals surface area contributed by atoms with Crippen LogP contribution in [0, 0.1) is 5.92 Å². The standard InChI is InChI=1S/C14H14ClF3N2O3S/c1-2-23-11(21)9-10(7-3-5-8(15)6-4-7)19-12(24)20-13(9,22)14(16,17)18/h3-6,9-10,22H,2H2,1H3,(H2,19,20,24)/t9-,10+,13-/m0/s1. The molecule has 0 amide bonds. The molecule has 0 unspecified atom stereocenters. The third kappa shape index (κ3) is 3.42. The first kappa shape index (κ1) is 18.8. The number of carbonyl (C=O) groups is 1. The van der Waals surface area contributed by atoms with Gasteiger partial charge >= 0.3 is 12.1 Å². The molecule has 0 aromatic heterocycles. The molecular weight excluding hydrogens is 369 g/mol. The Morgan fingerprint density at radius 3 is 2.50 bits per heavy atom. The highest BCUT2D eigenvalue weighted by Gasteiger charge is 2.66. The summed E-state index contributed by atoms with van der Waals surface area (Å²) in [4.78, 5) is 12.2. The molecule has 1 aromatic carbocycles. The smallest absolute Gasteiger partial charge is 0.437 e. The van der Waals surface area contributed by atoms with Crippen molar-refractivity contribution in [1.29, 1.82) is 0 Å². The number of aliphatic hydroxyl groups is 1. The third-order valence-corrected chi connectivity index (χ3v) is 4.05. The van der Waals surface area contributed by atoms with E-state index in [4.69, 9.17) is 28.6 Å². The third-order valence-electron chi connectivity index (χ3n) is 3.58. The maximum atomic E-state index is 13.5. The number of alkyl halides is 3. The van der Waals surface area contributed by atoms with Crippen LogP contribution >= 0.6 is 23.8 Å².